The second-order valence-electron chi connectivity index (χ2n) is 10.5. The van der Waals surface area contributed by atoms with Crippen LogP contribution in [0.1, 0.15) is 45.4 Å². The molecule has 0 radical (unpaired) electrons. The number of ether oxygens (including phenoxy) is 3. The first-order chi connectivity index (χ1) is 20.2. The van der Waals surface area contributed by atoms with Crippen LogP contribution >= 0.6 is 0 Å². The number of likely N-dealkylation sites (N-methyl/N-ethyl adjacent to an activating group) is 1. The van der Waals surface area contributed by atoms with Crippen LogP contribution in [-0.2, 0) is 16.1 Å². The van der Waals surface area contributed by atoms with Gasteiger partial charge in [0.2, 0.25) is 5.91 Å². The fourth-order valence-corrected chi connectivity index (χ4v) is 5.22. The van der Waals surface area contributed by atoms with Crippen LogP contribution in [-0.4, -0.2) is 77.9 Å². The summed E-state index contributed by atoms with van der Waals surface area (Å²) in [6.45, 7) is 4.57. The molecule has 3 heterocycles. The van der Waals surface area contributed by atoms with Crippen molar-refractivity contribution >= 4 is 17.7 Å². The summed E-state index contributed by atoms with van der Waals surface area (Å²) in [5.74, 6) is 0.364. The standard InChI is InChI=1S/C31H34N4O7/c1-4-40-24-12-21-13-25(15-24)42-23-7-5-6-20(11-23)18-41-28-8-9-35(31(39)26-14-22(36)10-19(2)32-26)16-27(28)33-29(37)17-34(3)30(21)38/h5-7,10-15,27-28H,4,8-9,16-18H2,1-3H3,(H,32,36)(H,33,37)/t27-,28+/m0/s1. The van der Waals surface area contributed by atoms with Crippen LogP contribution in [0.3, 0.4) is 0 Å². The molecule has 42 heavy (non-hydrogen) atoms. The normalized spacial score (nSPS) is 19.4. The van der Waals surface area contributed by atoms with Gasteiger partial charge in [0.15, 0.2) is 5.43 Å². The molecule has 11 heteroatoms. The second kappa shape index (κ2) is 12.5. The third-order valence-electron chi connectivity index (χ3n) is 7.15. The van der Waals surface area contributed by atoms with Crippen LogP contribution in [0, 0.1) is 6.92 Å². The molecule has 1 fully saturated rings. The van der Waals surface area contributed by atoms with Gasteiger partial charge in [0.1, 0.15) is 22.9 Å². The minimum atomic E-state index is -0.546. The number of pyridine rings is 1. The number of H-pyrrole nitrogens is 1. The Morgan fingerprint density at radius 1 is 1.07 bits per heavy atom. The molecule has 11 nitrogen and oxygen atoms in total. The molecule has 5 rings (SSSR count). The van der Waals surface area contributed by atoms with Crippen molar-refractivity contribution < 1.29 is 28.6 Å². The first-order valence-electron chi connectivity index (χ1n) is 13.9. The van der Waals surface area contributed by atoms with Crippen molar-refractivity contribution in [1.82, 2.24) is 20.1 Å². The number of rotatable bonds is 3. The zero-order valence-electron chi connectivity index (χ0n) is 23.8. The first-order valence-corrected chi connectivity index (χ1v) is 13.9. The number of nitrogens with zero attached hydrogens (tertiary/aromatic N) is 2. The van der Waals surface area contributed by atoms with Crippen molar-refractivity contribution in [2.75, 3.05) is 33.3 Å². The third kappa shape index (κ3) is 6.80. The average molecular weight is 575 g/mol. The van der Waals surface area contributed by atoms with Gasteiger partial charge < -0.3 is 34.3 Å². The van der Waals surface area contributed by atoms with E-state index in [4.69, 9.17) is 14.2 Å². The van der Waals surface area contributed by atoms with Crippen LogP contribution in [0.15, 0.2) is 59.4 Å². The predicted molar refractivity (Wildman–Crippen MR) is 154 cm³/mol. The molecule has 4 bridgehead atoms. The number of aromatic amines is 1. The highest BCUT2D eigenvalue weighted by atomic mass is 16.5. The number of piperidine rings is 1. The molecule has 3 aromatic rings. The summed E-state index contributed by atoms with van der Waals surface area (Å²) >= 11 is 0. The lowest BCUT2D eigenvalue weighted by Crippen LogP contribution is -2.58. The molecule has 0 unspecified atom stereocenters. The Morgan fingerprint density at radius 2 is 1.90 bits per heavy atom. The predicted octanol–water partition coefficient (Wildman–Crippen LogP) is 2.88. The van der Waals surface area contributed by atoms with Crippen molar-refractivity contribution in [2.45, 2.75) is 39.0 Å². The van der Waals surface area contributed by atoms with Crippen LogP contribution < -0.4 is 20.2 Å². The van der Waals surface area contributed by atoms with Gasteiger partial charge in [-0.15, -0.1) is 0 Å². The van der Waals surface area contributed by atoms with Gasteiger partial charge in [0.25, 0.3) is 11.8 Å². The number of fused-ring (bicyclic) bond motifs is 5. The van der Waals surface area contributed by atoms with Gasteiger partial charge in [-0.25, -0.2) is 0 Å². The smallest absolute Gasteiger partial charge is 0.270 e. The lowest BCUT2D eigenvalue weighted by molar-refractivity contribution is -0.124. The van der Waals surface area contributed by atoms with E-state index in [1.54, 1.807) is 37.1 Å². The molecule has 2 atom stereocenters. The Hall–Kier alpha value is -4.64. The topological polar surface area (TPSA) is 130 Å². The van der Waals surface area contributed by atoms with Crippen LogP contribution in [0.4, 0.5) is 0 Å². The van der Waals surface area contributed by atoms with Crippen LogP contribution in [0.25, 0.3) is 0 Å². The van der Waals surface area contributed by atoms with Gasteiger partial charge in [-0.2, -0.15) is 0 Å². The maximum Gasteiger partial charge on any atom is 0.270 e. The van der Waals surface area contributed by atoms with Gasteiger partial charge in [0.05, 0.1) is 31.9 Å². The van der Waals surface area contributed by atoms with Crippen LogP contribution in [0.5, 0.6) is 17.2 Å². The van der Waals surface area contributed by atoms with Crippen molar-refractivity contribution in [3.05, 3.63) is 87.3 Å². The molecule has 1 aromatic heterocycles. The zero-order chi connectivity index (χ0) is 29.8. The third-order valence-corrected chi connectivity index (χ3v) is 7.15. The molecule has 0 spiro atoms. The van der Waals surface area contributed by atoms with E-state index in [1.807, 2.05) is 31.2 Å². The molecule has 0 saturated carbocycles. The Morgan fingerprint density at radius 3 is 2.69 bits per heavy atom. The molecule has 2 N–H and O–H groups in total. The van der Waals surface area contributed by atoms with Gasteiger partial charge in [0, 0.05) is 49.6 Å². The summed E-state index contributed by atoms with van der Waals surface area (Å²) in [6, 6.07) is 14.5. The fraction of sp³-hybridized carbons (Fsp3) is 0.355. The van der Waals surface area contributed by atoms with E-state index in [0.717, 1.165) is 5.56 Å². The number of benzene rings is 2. The number of carbonyl (C=O) groups excluding carboxylic acids is 3. The number of amides is 3. The maximum absolute atomic E-state index is 13.3. The monoisotopic (exact) mass is 574 g/mol. The quantitative estimate of drug-likeness (QED) is 0.492. The first kappa shape index (κ1) is 28.9. The minimum absolute atomic E-state index is 0.172. The molecule has 2 aliphatic rings. The Balaban J connectivity index is 1.43. The number of aryl methyl sites for hydroxylation is 1. The number of carbonyl (C=O) groups is 3. The van der Waals surface area contributed by atoms with Crippen molar-refractivity contribution in [2.24, 2.45) is 0 Å². The zero-order valence-corrected chi connectivity index (χ0v) is 23.8. The lowest BCUT2D eigenvalue weighted by atomic mass is 10.0. The molecular formula is C31H34N4O7. The van der Waals surface area contributed by atoms with Crippen molar-refractivity contribution in [3.63, 3.8) is 0 Å². The van der Waals surface area contributed by atoms with E-state index < -0.39 is 18.1 Å². The van der Waals surface area contributed by atoms with E-state index in [9.17, 15) is 19.2 Å². The van der Waals surface area contributed by atoms with Crippen LogP contribution in [0.2, 0.25) is 0 Å². The minimum Gasteiger partial charge on any atom is -0.494 e. The molecular weight excluding hydrogens is 540 g/mol. The van der Waals surface area contributed by atoms with Crippen molar-refractivity contribution in [3.8, 4) is 17.2 Å². The highest BCUT2D eigenvalue weighted by Gasteiger charge is 2.34. The van der Waals surface area contributed by atoms with Crippen molar-refractivity contribution in [1.29, 1.82) is 0 Å². The summed E-state index contributed by atoms with van der Waals surface area (Å²) in [5.41, 5.74) is 1.69. The number of likely N-dealkylation sites (tertiary alicyclic amines) is 1. The molecule has 1 saturated heterocycles. The van der Waals surface area contributed by atoms with Gasteiger partial charge >= 0.3 is 0 Å². The van der Waals surface area contributed by atoms with E-state index in [2.05, 4.69) is 10.3 Å². The summed E-state index contributed by atoms with van der Waals surface area (Å²) < 4.78 is 18.0. The maximum atomic E-state index is 13.3. The Kier molecular flexibility index (Phi) is 8.58. The molecule has 0 aliphatic carbocycles. The van der Waals surface area contributed by atoms with E-state index >= 15 is 0 Å². The highest BCUT2D eigenvalue weighted by molar-refractivity contribution is 5.97. The summed E-state index contributed by atoms with van der Waals surface area (Å²) in [7, 11) is 1.54. The highest BCUT2D eigenvalue weighted by Crippen LogP contribution is 2.29. The van der Waals surface area contributed by atoms with Gasteiger partial charge in [-0.05, 0) is 50.1 Å². The second-order valence-corrected chi connectivity index (χ2v) is 10.5. The SMILES string of the molecule is CCOc1cc2cc(c1)C(=O)N(C)CC(=O)N[C@H]1CN(C(=O)c3cc(=O)cc(C)[nH]3)CC[C@H]1OCc1cccc(c1)O2. The van der Waals surface area contributed by atoms with E-state index in [0.29, 0.717) is 48.1 Å². The number of nitrogens with one attached hydrogen (secondary N) is 2. The number of hydrogen-bond donors (Lipinski definition) is 2. The summed E-state index contributed by atoms with van der Waals surface area (Å²) in [6.07, 6.45) is 0.0668. The fourth-order valence-electron chi connectivity index (χ4n) is 5.22. The number of aromatic nitrogens is 1. The Bertz CT molecular complexity index is 1550. The molecule has 2 aliphatic heterocycles. The number of hydrogen-bond acceptors (Lipinski definition) is 7. The van der Waals surface area contributed by atoms with E-state index in [1.165, 1.54) is 17.0 Å². The van der Waals surface area contributed by atoms with Gasteiger partial charge in [-0.1, -0.05) is 12.1 Å². The molecule has 220 valence electrons. The average Bonchev–Trinajstić information content (AvgIpc) is 2.95. The van der Waals surface area contributed by atoms with E-state index in [-0.39, 0.29) is 42.6 Å². The van der Waals surface area contributed by atoms with Gasteiger partial charge in [-0.3, -0.25) is 19.2 Å². The molecule has 2 aromatic carbocycles. The largest absolute Gasteiger partial charge is 0.494 e. The summed E-state index contributed by atoms with van der Waals surface area (Å²) in [5, 5.41) is 2.98. The Labute approximate surface area is 243 Å². The molecule has 3 amide bonds. The summed E-state index contributed by atoms with van der Waals surface area (Å²) in [4.78, 5) is 57.7. The lowest BCUT2D eigenvalue weighted by Gasteiger charge is -2.39.